The minimum absolute atomic E-state index is 0.205. The van der Waals surface area contributed by atoms with Gasteiger partial charge in [-0.15, -0.1) is 0 Å². The minimum Gasteiger partial charge on any atom is -0.311 e. The SMILES string of the molecule is CCCn1ncc(Br)c1C(Cc1cccc(Cl)c1)NC. The van der Waals surface area contributed by atoms with Crippen molar-refractivity contribution in [1.29, 1.82) is 0 Å². The first kappa shape index (κ1) is 15.5. The number of aromatic nitrogens is 2. The largest absolute Gasteiger partial charge is 0.311 e. The van der Waals surface area contributed by atoms with Crippen molar-refractivity contribution in [3.63, 3.8) is 0 Å². The first-order chi connectivity index (χ1) is 9.65. The minimum atomic E-state index is 0.205. The van der Waals surface area contributed by atoms with E-state index in [0.717, 1.165) is 28.9 Å². The zero-order chi connectivity index (χ0) is 14.5. The van der Waals surface area contributed by atoms with Crippen LogP contribution in [0.1, 0.15) is 30.6 Å². The molecule has 0 aliphatic heterocycles. The van der Waals surface area contributed by atoms with Crippen LogP contribution in [0.2, 0.25) is 5.02 Å². The second-order valence-electron chi connectivity index (χ2n) is 4.78. The van der Waals surface area contributed by atoms with Crippen LogP contribution in [0.25, 0.3) is 0 Å². The monoisotopic (exact) mass is 355 g/mol. The van der Waals surface area contributed by atoms with E-state index in [4.69, 9.17) is 11.6 Å². The molecule has 0 amide bonds. The van der Waals surface area contributed by atoms with Crippen molar-refractivity contribution in [2.75, 3.05) is 7.05 Å². The van der Waals surface area contributed by atoms with E-state index in [1.54, 1.807) is 0 Å². The van der Waals surface area contributed by atoms with Crippen molar-refractivity contribution in [3.8, 4) is 0 Å². The van der Waals surface area contributed by atoms with Gasteiger partial charge >= 0.3 is 0 Å². The molecule has 0 fully saturated rings. The fourth-order valence-electron chi connectivity index (χ4n) is 2.34. The first-order valence-electron chi connectivity index (χ1n) is 6.78. The molecule has 0 radical (unpaired) electrons. The van der Waals surface area contributed by atoms with Crippen LogP contribution in [-0.2, 0) is 13.0 Å². The van der Waals surface area contributed by atoms with Crippen molar-refractivity contribution < 1.29 is 0 Å². The number of nitrogens with one attached hydrogen (secondary N) is 1. The van der Waals surface area contributed by atoms with E-state index in [-0.39, 0.29) is 6.04 Å². The van der Waals surface area contributed by atoms with Crippen LogP contribution in [-0.4, -0.2) is 16.8 Å². The zero-order valence-corrected chi connectivity index (χ0v) is 14.1. The van der Waals surface area contributed by atoms with E-state index in [9.17, 15) is 0 Å². The molecule has 1 aromatic heterocycles. The van der Waals surface area contributed by atoms with Gasteiger partial charge in [0.25, 0.3) is 0 Å². The van der Waals surface area contributed by atoms with Crippen molar-refractivity contribution in [1.82, 2.24) is 15.1 Å². The number of aryl methyl sites for hydroxylation is 1. The van der Waals surface area contributed by atoms with Gasteiger partial charge in [0.05, 0.1) is 22.4 Å². The molecule has 0 saturated heterocycles. The van der Waals surface area contributed by atoms with Gasteiger partial charge in [0.2, 0.25) is 0 Å². The van der Waals surface area contributed by atoms with Crippen LogP contribution in [0.4, 0.5) is 0 Å². The molecule has 0 aliphatic carbocycles. The molecule has 1 N–H and O–H groups in total. The fourth-order valence-corrected chi connectivity index (χ4v) is 3.13. The van der Waals surface area contributed by atoms with Gasteiger partial charge in [-0.3, -0.25) is 4.68 Å². The summed E-state index contributed by atoms with van der Waals surface area (Å²) in [4.78, 5) is 0. The van der Waals surface area contributed by atoms with Gasteiger partial charge < -0.3 is 5.32 Å². The molecular formula is C15H19BrClN3. The number of benzene rings is 1. The van der Waals surface area contributed by atoms with Crippen molar-refractivity contribution in [2.45, 2.75) is 32.4 Å². The molecule has 0 aliphatic rings. The van der Waals surface area contributed by atoms with Crippen molar-refractivity contribution in [2.24, 2.45) is 0 Å². The Morgan fingerprint density at radius 1 is 1.45 bits per heavy atom. The maximum atomic E-state index is 6.06. The highest BCUT2D eigenvalue weighted by atomic mass is 79.9. The van der Waals surface area contributed by atoms with E-state index >= 15 is 0 Å². The van der Waals surface area contributed by atoms with Gasteiger partial charge in [-0.25, -0.2) is 0 Å². The number of halogens is 2. The van der Waals surface area contributed by atoms with Gasteiger partial charge in [0.15, 0.2) is 0 Å². The summed E-state index contributed by atoms with van der Waals surface area (Å²) in [6.07, 6.45) is 3.81. The third kappa shape index (κ3) is 3.62. The molecule has 5 heteroatoms. The van der Waals surface area contributed by atoms with E-state index in [1.807, 2.05) is 31.4 Å². The lowest BCUT2D eigenvalue weighted by molar-refractivity contribution is 0.495. The average Bonchev–Trinajstić information content (AvgIpc) is 2.78. The number of rotatable bonds is 6. The van der Waals surface area contributed by atoms with E-state index in [2.05, 4.69) is 44.0 Å². The summed E-state index contributed by atoms with van der Waals surface area (Å²) in [5.74, 6) is 0. The molecule has 3 nitrogen and oxygen atoms in total. The summed E-state index contributed by atoms with van der Waals surface area (Å²) in [6.45, 7) is 3.08. The zero-order valence-electron chi connectivity index (χ0n) is 11.7. The summed E-state index contributed by atoms with van der Waals surface area (Å²) >= 11 is 9.67. The van der Waals surface area contributed by atoms with E-state index < -0.39 is 0 Å². The maximum Gasteiger partial charge on any atom is 0.0698 e. The quantitative estimate of drug-likeness (QED) is 0.840. The van der Waals surface area contributed by atoms with Crippen LogP contribution in [0.3, 0.4) is 0 Å². The van der Waals surface area contributed by atoms with Gasteiger partial charge in [0.1, 0.15) is 0 Å². The highest BCUT2D eigenvalue weighted by Crippen LogP contribution is 2.27. The van der Waals surface area contributed by atoms with Crippen molar-refractivity contribution >= 4 is 27.5 Å². The molecule has 1 atom stereocenters. The summed E-state index contributed by atoms with van der Waals surface area (Å²) in [6, 6.07) is 8.21. The smallest absolute Gasteiger partial charge is 0.0698 e. The van der Waals surface area contributed by atoms with E-state index in [0.29, 0.717) is 0 Å². The molecule has 2 aromatic rings. The van der Waals surface area contributed by atoms with Crippen LogP contribution < -0.4 is 5.32 Å². The number of hydrogen-bond donors (Lipinski definition) is 1. The van der Waals surface area contributed by atoms with Gasteiger partial charge in [-0.05, 0) is 53.5 Å². The number of hydrogen-bond acceptors (Lipinski definition) is 2. The maximum absolute atomic E-state index is 6.06. The van der Waals surface area contributed by atoms with Crippen molar-refractivity contribution in [3.05, 3.63) is 51.2 Å². The summed E-state index contributed by atoms with van der Waals surface area (Å²) in [7, 11) is 1.98. The third-order valence-electron chi connectivity index (χ3n) is 3.28. The standard InChI is InChI=1S/C15H19BrClN3/c1-3-7-20-15(13(16)10-19-20)14(18-2)9-11-5-4-6-12(17)8-11/h4-6,8,10,14,18H,3,7,9H2,1-2H3. The molecule has 1 aromatic carbocycles. The lowest BCUT2D eigenvalue weighted by Gasteiger charge is -2.19. The lowest BCUT2D eigenvalue weighted by atomic mass is 10.0. The predicted molar refractivity (Wildman–Crippen MR) is 87.2 cm³/mol. The average molecular weight is 357 g/mol. The number of likely N-dealkylation sites (N-methyl/N-ethyl adjacent to an activating group) is 1. The molecule has 1 unspecified atom stereocenters. The topological polar surface area (TPSA) is 29.9 Å². The van der Waals surface area contributed by atoms with E-state index in [1.165, 1.54) is 11.3 Å². The molecule has 108 valence electrons. The molecule has 0 bridgehead atoms. The second-order valence-corrected chi connectivity index (χ2v) is 6.07. The summed E-state index contributed by atoms with van der Waals surface area (Å²) in [5.41, 5.74) is 2.40. The Morgan fingerprint density at radius 2 is 2.25 bits per heavy atom. The summed E-state index contributed by atoms with van der Waals surface area (Å²) < 4.78 is 3.11. The fraction of sp³-hybridized carbons (Fsp3) is 0.400. The van der Waals surface area contributed by atoms with Crippen LogP contribution in [0.15, 0.2) is 34.9 Å². The van der Waals surface area contributed by atoms with Crippen LogP contribution >= 0.6 is 27.5 Å². The Labute approximate surface area is 133 Å². The predicted octanol–water partition coefficient (Wildman–Crippen LogP) is 4.21. The van der Waals surface area contributed by atoms with Gasteiger partial charge in [-0.1, -0.05) is 30.7 Å². The third-order valence-corrected chi connectivity index (χ3v) is 4.12. The van der Waals surface area contributed by atoms with Crippen LogP contribution in [0.5, 0.6) is 0 Å². The Hall–Kier alpha value is -0.840. The van der Waals surface area contributed by atoms with Gasteiger partial charge in [-0.2, -0.15) is 5.10 Å². The highest BCUT2D eigenvalue weighted by molar-refractivity contribution is 9.10. The molecule has 0 saturated carbocycles. The van der Waals surface area contributed by atoms with Crippen LogP contribution in [0, 0.1) is 0 Å². The Morgan fingerprint density at radius 3 is 2.90 bits per heavy atom. The molecule has 1 heterocycles. The highest BCUT2D eigenvalue weighted by Gasteiger charge is 2.19. The first-order valence-corrected chi connectivity index (χ1v) is 7.95. The normalized spacial score (nSPS) is 12.6. The van der Waals surface area contributed by atoms with Gasteiger partial charge in [0, 0.05) is 11.6 Å². The Balaban J connectivity index is 2.26. The molecule has 2 rings (SSSR count). The molecular weight excluding hydrogens is 338 g/mol. The Kier molecular flexibility index (Phi) is 5.64. The number of nitrogens with zero attached hydrogens (tertiary/aromatic N) is 2. The summed E-state index contributed by atoms with van der Waals surface area (Å²) in [5, 5.41) is 8.59. The Bertz CT molecular complexity index is 568. The lowest BCUT2D eigenvalue weighted by Crippen LogP contribution is -2.23. The molecule has 0 spiro atoms. The second kappa shape index (κ2) is 7.25. The molecule has 20 heavy (non-hydrogen) atoms.